The summed E-state index contributed by atoms with van der Waals surface area (Å²) in [7, 11) is -1.51. The Balaban J connectivity index is 2.06. The summed E-state index contributed by atoms with van der Waals surface area (Å²) in [6.45, 7) is 3.67. The molecular formula is C21H22FO4PS. The highest BCUT2D eigenvalue weighted by molar-refractivity contribution is 7.92. The number of sulfone groups is 1. The van der Waals surface area contributed by atoms with E-state index < -0.39 is 32.2 Å². The Morgan fingerprint density at radius 1 is 1.18 bits per heavy atom. The molecule has 7 heteroatoms. The molecule has 2 unspecified atom stereocenters. The van der Waals surface area contributed by atoms with Crippen molar-refractivity contribution in [3.05, 3.63) is 53.3 Å². The SMILES string of the molecule is Cc1ccc(S(=O)(=O)[C@@]23CCC(=O)[C@@H](C)C2COc2c(P)ccc(F)c23)cc1. The van der Waals surface area contributed by atoms with E-state index in [9.17, 15) is 13.2 Å². The molecule has 148 valence electrons. The second-order valence-electron chi connectivity index (χ2n) is 7.72. The molecule has 1 fully saturated rings. The van der Waals surface area contributed by atoms with E-state index in [4.69, 9.17) is 4.74 Å². The molecule has 4 nitrogen and oxygen atoms in total. The van der Waals surface area contributed by atoms with E-state index in [2.05, 4.69) is 9.24 Å². The number of hydrogen-bond donors (Lipinski definition) is 0. The molecule has 0 radical (unpaired) electrons. The van der Waals surface area contributed by atoms with E-state index >= 15 is 4.39 Å². The van der Waals surface area contributed by atoms with Crippen LogP contribution < -0.4 is 10.0 Å². The van der Waals surface area contributed by atoms with Gasteiger partial charge in [0.2, 0.25) is 0 Å². The second kappa shape index (κ2) is 6.64. The molecule has 0 amide bonds. The fraction of sp³-hybridized carbons (Fsp3) is 0.381. The van der Waals surface area contributed by atoms with E-state index in [0.717, 1.165) is 5.56 Å². The van der Waals surface area contributed by atoms with Crippen molar-refractivity contribution in [3.63, 3.8) is 0 Å². The Morgan fingerprint density at radius 2 is 1.86 bits per heavy atom. The number of benzene rings is 2. The first-order valence-electron chi connectivity index (χ1n) is 9.25. The fourth-order valence-electron chi connectivity index (χ4n) is 4.63. The van der Waals surface area contributed by atoms with Gasteiger partial charge in [-0.3, -0.25) is 4.79 Å². The monoisotopic (exact) mass is 420 g/mol. The van der Waals surface area contributed by atoms with Crippen molar-refractivity contribution in [2.75, 3.05) is 6.61 Å². The maximum Gasteiger partial charge on any atom is 0.188 e. The van der Waals surface area contributed by atoms with E-state index in [0.29, 0.717) is 5.30 Å². The zero-order chi connectivity index (χ0) is 20.3. The van der Waals surface area contributed by atoms with Crippen LogP contribution in [-0.4, -0.2) is 20.8 Å². The van der Waals surface area contributed by atoms with Gasteiger partial charge in [0.15, 0.2) is 9.84 Å². The smallest absolute Gasteiger partial charge is 0.188 e. The van der Waals surface area contributed by atoms with Crippen molar-refractivity contribution >= 4 is 30.2 Å². The zero-order valence-electron chi connectivity index (χ0n) is 15.7. The lowest BCUT2D eigenvalue weighted by Gasteiger charge is -2.49. The van der Waals surface area contributed by atoms with E-state index in [1.807, 2.05) is 6.92 Å². The van der Waals surface area contributed by atoms with Crippen molar-refractivity contribution in [2.45, 2.75) is 36.3 Å². The van der Waals surface area contributed by atoms with Crippen molar-refractivity contribution in [1.82, 2.24) is 0 Å². The Labute approximate surface area is 166 Å². The van der Waals surface area contributed by atoms with E-state index in [-0.39, 0.29) is 41.4 Å². The predicted octanol–water partition coefficient (Wildman–Crippen LogP) is 3.31. The Bertz CT molecular complexity index is 1060. The molecule has 0 N–H and O–H groups in total. The zero-order valence-corrected chi connectivity index (χ0v) is 17.7. The highest BCUT2D eigenvalue weighted by Crippen LogP contribution is 2.56. The summed E-state index contributed by atoms with van der Waals surface area (Å²) < 4.78 is 47.4. The standard InChI is InChI=1S/C21H22FO4PS/c1-12-3-5-14(6-4-12)28(24,25)21-10-9-17(23)13(2)15(21)11-26-20-18(27)8-7-16(22)19(20)21/h3-8,13,15H,9-11,27H2,1-2H3/t13-,15?,21-/m0/s1. The molecule has 0 spiro atoms. The molecular weight excluding hydrogens is 398 g/mol. The van der Waals surface area contributed by atoms with Crippen LogP contribution in [0.2, 0.25) is 0 Å². The Hall–Kier alpha value is -1.78. The lowest BCUT2D eigenvalue weighted by molar-refractivity contribution is -0.128. The van der Waals surface area contributed by atoms with E-state index in [1.165, 1.54) is 6.07 Å². The largest absolute Gasteiger partial charge is 0.492 e. The number of ether oxygens (including phenoxy) is 1. The third kappa shape index (κ3) is 2.57. The van der Waals surface area contributed by atoms with Crippen LogP contribution in [0.25, 0.3) is 0 Å². The molecule has 28 heavy (non-hydrogen) atoms. The number of ketones is 1. The normalized spacial score (nSPS) is 26.9. The third-order valence-electron chi connectivity index (χ3n) is 6.23. The lowest BCUT2D eigenvalue weighted by Crippen LogP contribution is -2.56. The van der Waals surface area contributed by atoms with Crippen LogP contribution in [0.4, 0.5) is 4.39 Å². The molecule has 4 rings (SSSR count). The molecule has 0 bridgehead atoms. The molecule has 0 aromatic heterocycles. The van der Waals surface area contributed by atoms with Crippen LogP contribution in [-0.2, 0) is 19.4 Å². The first-order chi connectivity index (χ1) is 13.2. The summed E-state index contributed by atoms with van der Waals surface area (Å²) in [6, 6.07) is 9.44. The molecule has 1 aliphatic carbocycles. The summed E-state index contributed by atoms with van der Waals surface area (Å²) in [5.74, 6) is -1.53. The van der Waals surface area contributed by atoms with Gasteiger partial charge in [0.1, 0.15) is 22.1 Å². The molecule has 1 saturated carbocycles. The minimum Gasteiger partial charge on any atom is -0.492 e. The quantitative estimate of drug-likeness (QED) is 0.700. The van der Waals surface area contributed by atoms with Crippen molar-refractivity contribution in [1.29, 1.82) is 0 Å². The van der Waals surface area contributed by atoms with Gasteiger partial charge in [-0.25, -0.2) is 12.8 Å². The van der Waals surface area contributed by atoms with Gasteiger partial charge in [0.05, 0.1) is 17.1 Å². The number of carbonyl (C=O) groups is 1. The Morgan fingerprint density at radius 3 is 2.54 bits per heavy atom. The van der Waals surface area contributed by atoms with Gasteiger partial charge in [-0.2, -0.15) is 0 Å². The first kappa shape index (κ1) is 19.5. The number of carbonyl (C=O) groups excluding carboxylic acids is 1. The van der Waals surface area contributed by atoms with Crippen LogP contribution in [0.3, 0.4) is 0 Å². The van der Waals surface area contributed by atoms with Gasteiger partial charge in [-0.15, -0.1) is 9.24 Å². The topological polar surface area (TPSA) is 60.4 Å². The summed E-state index contributed by atoms with van der Waals surface area (Å²) in [5.41, 5.74) is 1.00. The number of halogens is 1. The molecule has 2 aromatic carbocycles. The maximum atomic E-state index is 15.2. The van der Waals surface area contributed by atoms with Crippen LogP contribution >= 0.6 is 9.24 Å². The number of rotatable bonds is 2. The number of Topliss-reactive ketones (excluding diaryl/α,β-unsaturated/α-hetero) is 1. The molecule has 1 aliphatic heterocycles. The van der Waals surface area contributed by atoms with Gasteiger partial charge in [0.25, 0.3) is 0 Å². The molecule has 2 aromatic rings. The minimum atomic E-state index is -3.99. The van der Waals surface area contributed by atoms with Crippen LogP contribution in [0.1, 0.15) is 30.9 Å². The molecule has 4 atom stereocenters. The van der Waals surface area contributed by atoms with Crippen LogP contribution in [0.15, 0.2) is 41.3 Å². The van der Waals surface area contributed by atoms with Gasteiger partial charge >= 0.3 is 0 Å². The van der Waals surface area contributed by atoms with Crippen LogP contribution in [0.5, 0.6) is 5.75 Å². The molecule has 1 heterocycles. The fourth-order valence-corrected chi connectivity index (χ4v) is 7.37. The Kier molecular flexibility index (Phi) is 4.63. The van der Waals surface area contributed by atoms with Gasteiger partial charge < -0.3 is 4.74 Å². The summed E-state index contributed by atoms with van der Waals surface area (Å²) in [6.07, 6.45) is 0.154. The van der Waals surface area contributed by atoms with Crippen molar-refractivity contribution in [3.8, 4) is 5.75 Å². The van der Waals surface area contributed by atoms with Crippen LogP contribution in [0, 0.1) is 24.6 Å². The summed E-state index contributed by atoms with van der Waals surface area (Å²) in [5, 5.41) is 0.609. The third-order valence-corrected chi connectivity index (χ3v) is 9.25. The minimum absolute atomic E-state index is 0.00535. The van der Waals surface area contributed by atoms with E-state index in [1.54, 1.807) is 37.3 Å². The highest BCUT2D eigenvalue weighted by atomic mass is 32.2. The maximum absolute atomic E-state index is 15.2. The average molecular weight is 420 g/mol. The number of hydrogen-bond acceptors (Lipinski definition) is 4. The molecule has 2 aliphatic rings. The second-order valence-corrected chi connectivity index (χ2v) is 10.5. The van der Waals surface area contributed by atoms with Crippen molar-refractivity contribution < 1.29 is 22.3 Å². The first-order valence-corrected chi connectivity index (χ1v) is 11.3. The summed E-state index contributed by atoms with van der Waals surface area (Å²) >= 11 is 0. The number of fused-ring (bicyclic) bond motifs is 3. The van der Waals surface area contributed by atoms with Crippen molar-refractivity contribution in [2.24, 2.45) is 11.8 Å². The van der Waals surface area contributed by atoms with Gasteiger partial charge in [-0.05, 0) is 37.6 Å². The highest BCUT2D eigenvalue weighted by Gasteiger charge is 2.61. The summed E-state index contributed by atoms with van der Waals surface area (Å²) in [4.78, 5) is 12.6. The van der Waals surface area contributed by atoms with Gasteiger partial charge in [0, 0.05) is 23.6 Å². The number of aryl methyl sites for hydroxylation is 1. The predicted molar refractivity (Wildman–Crippen MR) is 108 cm³/mol. The average Bonchev–Trinajstić information content (AvgIpc) is 2.67. The lowest BCUT2D eigenvalue weighted by atomic mass is 9.67. The van der Waals surface area contributed by atoms with Gasteiger partial charge in [-0.1, -0.05) is 24.6 Å². The molecule has 0 saturated heterocycles.